The highest BCUT2D eigenvalue weighted by molar-refractivity contribution is 6.00. The molecule has 0 spiro atoms. The number of hydrogen-bond acceptors (Lipinski definition) is 4. The van der Waals surface area contributed by atoms with E-state index in [0.717, 1.165) is 38.5 Å². The number of rotatable bonds is 34. The molecule has 46 heavy (non-hydrogen) atoms. The van der Waals surface area contributed by atoms with Gasteiger partial charge in [0.1, 0.15) is 0 Å². The molecule has 0 amide bonds. The zero-order chi connectivity index (χ0) is 33.2. The van der Waals surface area contributed by atoms with E-state index in [2.05, 4.69) is 13.8 Å². The number of unbranched alkanes of at least 4 members (excludes halogenated alkanes) is 28. The summed E-state index contributed by atoms with van der Waals surface area (Å²) in [7, 11) is 0. The highest BCUT2D eigenvalue weighted by atomic mass is 16.5. The van der Waals surface area contributed by atoms with Crippen LogP contribution in [-0.4, -0.2) is 25.2 Å². The molecule has 0 N–H and O–H groups in total. The van der Waals surface area contributed by atoms with E-state index in [1.54, 1.807) is 0 Å². The van der Waals surface area contributed by atoms with Crippen molar-refractivity contribution in [3.8, 4) is 0 Å². The molecular weight excluding hydrogens is 568 g/mol. The second kappa shape index (κ2) is 33.6. The number of carbonyl (C=O) groups is 2. The third-order valence-electron chi connectivity index (χ3n) is 9.92. The summed E-state index contributed by atoms with van der Waals surface area (Å²) in [6, 6.07) is 0. The molecule has 0 atom stereocenters. The Hall–Kier alpha value is -1.32. The summed E-state index contributed by atoms with van der Waals surface area (Å²) in [6.45, 7) is 5.48. The van der Waals surface area contributed by atoms with Crippen LogP contribution in [0.5, 0.6) is 0 Å². The minimum absolute atomic E-state index is 0.288. The normalized spacial score (nSPS) is 13.3. The lowest BCUT2D eigenvalue weighted by Crippen LogP contribution is -2.20. The van der Waals surface area contributed by atoms with Gasteiger partial charge >= 0.3 is 11.9 Å². The largest absolute Gasteiger partial charge is 0.462 e. The summed E-state index contributed by atoms with van der Waals surface area (Å²) in [4.78, 5) is 25.6. The Bertz CT molecular complexity index is 667. The summed E-state index contributed by atoms with van der Waals surface area (Å²) < 4.78 is 11.2. The predicted molar refractivity (Wildman–Crippen MR) is 197 cm³/mol. The molecule has 270 valence electrons. The van der Waals surface area contributed by atoms with Crippen LogP contribution >= 0.6 is 0 Å². The minimum atomic E-state index is -0.288. The zero-order valence-corrected chi connectivity index (χ0v) is 31.1. The van der Waals surface area contributed by atoms with Gasteiger partial charge in [-0.3, -0.25) is 0 Å². The van der Waals surface area contributed by atoms with Gasteiger partial charge < -0.3 is 9.47 Å². The minimum Gasteiger partial charge on any atom is -0.462 e. The second-order valence-corrected chi connectivity index (χ2v) is 14.3. The van der Waals surface area contributed by atoms with Crippen molar-refractivity contribution < 1.29 is 19.1 Å². The third-order valence-corrected chi connectivity index (χ3v) is 9.92. The van der Waals surface area contributed by atoms with Gasteiger partial charge in [-0.1, -0.05) is 194 Å². The summed E-state index contributed by atoms with van der Waals surface area (Å²) in [5, 5.41) is 0. The van der Waals surface area contributed by atoms with E-state index in [0.29, 0.717) is 37.2 Å². The van der Waals surface area contributed by atoms with Crippen molar-refractivity contribution in [1.82, 2.24) is 0 Å². The third kappa shape index (κ3) is 25.7. The van der Waals surface area contributed by atoms with Crippen LogP contribution < -0.4 is 0 Å². The smallest absolute Gasteiger partial charge is 0.334 e. The molecule has 0 saturated heterocycles. The molecule has 0 fully saturated rings. The molecule has 0 bridgehead atoms. The average Bonchev–Trinajstić information content (AvgIpc) is 3.07. The summed E-state index contributed by atoms with van der Waals surface area (Å²) in [5.74, 6) is -0.576. The first-order valence-corrected chi connectivity index (χ1v) is 20.8. The first-order chi connectivity index (χ1) is 22.7. The van der Waals surface area contributed by atoms with E-state index in [9.17, 15) is 9.59 Å². The van der Waals surface area contributed by atoms with Gasteiger partial charge in [0.25, 0.3) is 0 Å². The molecule has 1 rings (SSSR count). The van der Waals surface area contributed by atoms with E-state index < -0.39 is 0 Å². The fourth-order valence-electron chi connectivity index (χ4n) is 6.81. The Morgan fingerprint density at radius 3 is 0.826 bits per heavy atom. The van der Waals surface area contributed by atoms with Gasteiger partial charge in [0, 0.05) is 11.1 Å². The van der Waals surface area contributed by atoms with Gasteiger partial charge in [-0.15, -0.1) is 0 Å². The van der Waals surface area contributed by atoms with Crippen LogP contribution in [0.1, 0.15) is 232 Å². The van der Waals surface area contributed by atoms with Gasteiger partial charge in [-0.25, -0.2) is 9.59 Å². The van der Waals surface area contributed by atoms with Crippen molar-refractivity contribution in [3.63, 3.8) is 0 Å². The Morgan fingerprint density at radius 1 is 0.370 bits per heavy atom. The van der Waals surface area contributed by atoms with Crippen LogP contribution in [0.15, 0.2) is 11.1 Å². The van der Waals surface area contributed by atoms with Crippen molar-refractivity contribution in [2.75, 3.05) is 13.2 Å². The fraction of sp³-hybridized carbons (Fsp3) is 0.905. The lowest BCUT2D eigenvalue weighted by atomic mass is 9.91. The molecule has 0 aromatic heterocycles. The number of hydrogen-bond donors (Lipinski definition) is 0. The Morgan fingerprint density at radius 2 is 0.587 bits per heavy atom. The van der Waals surface area contributed by atoms with Gasteiger partial charge in [0.2, 0.25) is 0 Å². The van der Waals surface area contributed by atoms with E-state index in [-0.39, 0.29) is 11.9 Å². The molecule has 0 aromatic carbocycles. The standard InChI is InChI=1S/C42H78O4/c1-3-5-7-9-11-13-15-17-19-21-23-25-27-29-33-37-45-41(43)39-35-31-32-36-40(39)42(44)46-38-34-30-28-26-24-22-20-18-16-14-12-10-8-6-4-2/h3-38H2,1-2H3. The summed E-state index contributed by atoms with van der Waals surface area (Å²) in [6.07, 6.45) is 42.8. The Balaban J connectivity index is 2.01. The first kappa shape index (κ1) is 42.7. The Labute approximate surface area is 287 Å². The summed E-state index contributed by atoms with van der Waals surface area (Å²) in [5.41, 5.74) is 1.16. The van der Waals surface area contributed by atoms with Crippen LogP contribution in [0.25, 0.3) is 0 Å². The van der Waals surface area contributed by atoms with Crippen LogP contribution in [0.3, 0.4) is 0 Å². The molecule has 1 aliphatic carbocycles. The fourth-order valence-corrected chi connectivity index (χ4v) is 6.81. The van der Waals surface area contributed by atoms with Crippen LogP contribution in [0, 0.1) is 0 Å². The molecule has 0 aromatic rings. The van der Waals surface area contributed by atoms with Gasteiger partial charge in [-0.2, -0.15) is 0 Å². The second-order valence-electron chi connectivity index (χ2n) is 14.3. The Kier molecular flexibility index (Phi) is 31.2. The van der Waals surface area contributed by atoms with Crippen LogP contribution in [-0.2, 0) is 19.1 Å². The van der Waals surface area contributed by atoms with Gasteiger partial charge in [-0.05, 0) is 38.5 Å². The van der Waals surface area contributed by atoms with Crippen molar-refractivity contribution in [3.05, 3.63) is 11.1 Å². The molecule has 4 heteroatoms. The van der Waals surface area contributed by atoms with Gasteiger partial charge in [0.15, 0.2) is 0 Å². The van der Waals surface area contributed by atoms with Crippen molar-refractivity contribution in [2.45, 2.75) is 232 Å². The van der Waals surface area contributed by atoms with Crippen molar-refractivity contribution in [1.29, 1.82) is 0 Å². The average molecular weight is 647 g/mol. The maximum absolute atomic E-state index is 12.8. The molecule has 4 nitrogen and oxygen atoms in total. The first-order valence-electron chi connectivity index (χ1n) is 20.8. The van der Waals surface area contributed by atoms with Crippen molar-refractivity contribution >= 4 is 11.9 Å². The highest BCUT2D eigenvalue weighted by Crippen LogP contribution is 2.27. The number of carbonyl (C=O) groups excluding carboxylic acids is 2. The molecular formula is C42H78O4. The molecule has 0 aliphatic heterocycles. The topological polar surface area (TPSA) is 52.6 Å². The van der Waals surface area contributed by atoms with Crippen LogP contribution in [0.2, 0.25) is 0 Å². The van der Waals surface area contributed by atoms with E-state index in [1.807, 2.05) is 0 Å². The highest BCUT2D eigenvalue weighted by Gasteiger charge is 2.25. The molecule has 0 unspecified atom stereocenters. The van der Waals surface area contributed by atoms with E-state index in [4.69, 9.17) is 9.47 Å². The van der Waals surface area contributed by atoms with E-state index >= 15 is 0 Å². The molecule has 1 aliphatic rings. The maximum Gasteiger partial charge on any atom is 0.334 e. The number of ether oxygens (including phenoxy) is 2. The molecule has 0 heterocycles. The summed E-state index contributed by atoms with van der Waals surface area (Å²) >= 11 is 0. The SMILES string of the molecule is CCCCCCCCCCCCCCCCCOC(=O)C1=C(C(=O)OCCCCCCCCCCCCCCCCC)CCCC1. The quantitative estimate of drug-likeness (QED) is 0.0515. The molecule has 0 saturated carbocycles. The van der Waals surface area contributed by atoms with E-state index in [1.165, 1.54) is 167 Å². The maximum atomic E-state index is 12.8. The van der Waals surface area contributed by atoms with Gasteiger partial charge in [0.05, 0.1) is 13.2 Å². The predicted octanol–water partition coefficient (Wildman–Crippen LogP) is 13.7. The van der Waals surface area contributed by atoms with Crippen LogP contribution in [0.4, 0.5) is 0 Å². The molecule has 0 radical (unpaired) electrons. The number of esters is 2. The lowest BCUT2D eigenvalue weighted by molar-refractivity contribution is -0.143. The monoisotopic (exact) mass is 647 g/mol. The van der Waals surface area contributed by atoms with Crippen molar-refractivity contribution in [2.24, 2.45) is 0 Å². The zero-order valence-electron chi connectivity index (χ0n) is 31.1. The lowest BCUT2D eigenvalue weighted by Gasteiger charge is -2.18.